The van der Waals surface area contributed by atoms with Crippen LogP contribution in [0.15, 0.2) is 42.7 Å². The van der Waals surface area contributed by atoms with Crippen LogP contribution in [0.25, 0.3) is 5.52 Å². The molecule has 2 fully saturated rings. The summed E-state index contributed by atoms with van der Waals surface area (Å²) in [5.74, 6) is -1.24. The lowest BCUT2D eigenvalue weighted by molar-refractivity contribution is 0.0828. The summed E-state index contributed by atoms with van der Waals surface area (Å²) in [6, 6.07) is 6.22. The second-order valence-electron chi connectivity index (χ2n) is 10.9. The van der Waals surface area contributed by atoms with Crippen LogP contribution in [-0.2, 0) is 0 Å². The fourth-order valence-electron chi connectivity index (χ4n) is 5.97. The Morgan fingerprint density at radius 2 is 1.89 bits per heavy atom. The molecule has 3 aromatic rings. The molecule has 2 aromatic heterocycles. The highest BCUT2D eigenvalue weighted by Gasteiger charge is 2.44. The second-order valence-corrected chi connectivity index (χ2v) is 10.9. The van der Waals surface area contributed by atoms with Crippen LogP contribution in [0.4, 0.5) is 19.3 Å². The number of nitrogens with zero attached hydrogens (tertiary/aromatic N) is 4. The Labute approximate surface area is 213 Å². The standard InChI is InChI=1S/C27H31F2N5O3/c1-27(2,3)24-21(9-11-33(24)26(36)37)31-25(35)19-15-30-34-12-8-17(14-23(19)34)32-10-4-5-22(32)18-13-16(28)6-7-20(18)29/h6-8,12-15,21-22,24H,4-5,9-11H2,1-3H3,(H,31,35)(H,36,37). The Morgan fingerprint density at radius 3 is 2.62 bits per heavy atom. The van der Waals surface area contributed by atoms with Gasteiger partial charge in [0.2, 0.25) is 0 Å². The number of fused-ring (bicyclic) bond motifs is 1. The van der Waals surface area contributed by atoms with Gasteiger partial charge in [0.15, 0.2) is 0 Å². The molecule has 1 aromatic carbocycles. The predicted octanol–water partition coefficient (Wildman–Crippen LogP) is 4.85. The number of rotatable bonds is 4. The van der Waals surface area contributed by atoms with Crippen LogP contribution >= 0.6 is 0 Å². The lowest BCUT2D eigenvalue weighted by Crippen LogP contribution is -2.52. The summed E-state index contributed by atoms with van der Waals surface area (Å²) in [7, 11) is 0. The van der Waals surface area contributed by atoms with E-state index < -0.39 is 17.7 Å². The third kappa shape index (κ3) is 4.60. The minimum atomic E-state index is -0.993. The van der Waals surface area contributed by atoms with Crippen LogP contribution < -0.4 is 10.2 Å². The number of carboxylic acid groups (broad SMARTS) is 1. The molecule has 3 unspecified atom stereocenters. The van der Waals surface area contributed by atoms with E-state index in [0.717, 1.165) is 24.2 Å². The molecule has 0 saturated carbocycles. The highest BCUT2D eigenvalue weighted by Crippen LogP contribution is 2.38. The minimum Gasteiger partial charge on any atom is -0.465 e. The van der Waals surface area contributed by atoms with Crippen LogP contribution in [0, 0.1) is 17.0 Å². The third-order valence-electron chi connectivity index (χ3n) is 7.50. The number of carbonyl (C=O) groups excluding carboxylic acids is 1. The monoisotopic (exact) mass is 511 g/mol. The minimum absolute atomic E-state index is 0.314. The van der Waals surface area contributed by atoms with E-state index in [1.54, 1.807) is 10.7 Å². The molecule has 0 spiro atoms. The van der Waals surface area contributed by atoms with E-state index in [-0.39, 0.29) is 29.4 Å². The van der Waals surface area contributed by atoms with Gasteiger partial charge in [-0.05, 0) is 55.0 Å². The van der Waals surface area contributed by atoms with Crippen molar-refractivity contribution in [1.82, 2.24) is 19.8 Å². The zero-order valence-electron chi connectivity index (χ0n) is 21.1. The Bertz CT molecular complexity index is 1350. The van der Waals surface area contributed by atoms with Crippen molar-refractivity contribution in [2.75, 3.05) is 18.0 Å². The van der Waals surface area contributed by atoms with Gasteiger partial charge >= 0.3 is 6.09 Å². The molecule has 0 aliphatic carbocycles. The number of hydrogen-bond donors (Lipinski definition) is 2. The maximum Gasteiger partial charge on any atom is 0.407 e. The zero-order valence-corrected chi connectivity index (χ0v) is 21.1. The number of amides is 2. The van der Waals surface area contributed by atoms with Crippen LogP contribution in [0.2, 0.25) is 0 Å². The van der Waals surface area contributed by atoms with Crippen LogP contribution in [0.3, 0.4) is 0 Å². The molecule has 2 amide bonds. The number of halogens is 2. The first-order valence-corrected chi connectivity index (χ1v) is 12.5. The van der Waals surface area contributed by atoms with Crippen molar-refractivity contribution in [2.45, 2.75) is 58.2 Å². The smallest absolute Gasteiger partial charge is 0.407 e. The summed E-state index contributed by atoms with van der Waals surface area (Å²) in [6.45, 7) is 6.93. The van der Waals surface area contributed by atoms with E-state index in [1.807, 2.05) is 37.8 Å². The third-order valence-corrected chi connectivity index (χ3v) is 7.50. The van der Waals surface area contributed by atoms with E-state index in [0.29, 0.717) is 42.6 Å². The molecule has 2 aliphatic heterocycles. The molecule has 2 saturated heterocycles. The number of hydrogen-bond acceptors (Lipinski definition) is 4. The molecule has 10 heteroatoms. The van der Waals surface area contributed by atoms with Crippen LogP contribution in [0.5, 0.6) is 0 Å². The van der Waals surface area contributed by atoms with Crippen molar-refractivity contribution in [3.63, 3.8) is 0 Å². The Morgan fingerprint density at radius 1 is 1.11 bits per heavy atom. The average molecular weight is 512 g/mol. The Balaban J connectivity index is 1.43. The summed E-state index contributed by atoms with van der Waals surface area (Å²) in [6.07, 6.45) is 4.30. The van der Waals surface area contributed by atoms with Crippen molar-refractivity contribution in [1.29, 1.82) is 0 Å². The molecule has 0 bridgehead atoms. The van der Waals surface area contributed by atoms with Gasteiger partial charge in [-0.1, -0.05) is 20.8 Å². The molecule has 4 heterocycles. The lowest BCUT2D eigenvalue weighted by atomic mass is 9.82. The summed E-state index contributed by atoms with van der Waals surface area (Å²) in [4.78, 5) is 28.6. The number of likely N-dealkylation sites (tertiary alicyclic amines) is 1. The molecule has 0 radical (unpaired) electrons. The van der Waals surface area contributed by atoms with Gasteiger partial charge in [0.25, 0.3) is 5.91 Å². The molecule has 37 heavy (non-hydrogen) atoms. The normalized spacial score (nSPS) is 22.1. The van der Waals surface area contributed by atoms with E-state index in [1.165, 1.54) is 17.2 Å². The zero-order chi connectivity index (χ0) is 26.5. The van der Waals surface area contributed by atoms with Crippen molar-refractivity contribution < 1.29 is 23.5 Å². The molecule has 8 nitrogen and oxygen atoms in total. The summed E-state index contributed by atoms with van der Waals surface area (Å²) in [5, 5.41) is 17.0. The predicted molar refractivity (Wildman–Crippen MR) is 135 cm³/mol. The Hall–Kier alpha value is -3.69. The van der Waals surface area contributed by atoms with Crippen LogP contribution in [0.1, 0.15) is 62.0 Å². The van der Waals surface area contributed by atoms with E-state index in [2.05, 4.69) is 10.4 Å². The lowest BCUT2D eigenvalue weighted by Gasteiger charge is -2.37. The topological polar surface area (TPSA) is 90.2 Å². The molecular formula is C27H31F2N5O3. The van der Waals surface area contributed by atoms with Gasteiger partial charge in [-0.15, -0.1) is 0 Å². The maximum atomic E-state index is 14.6. The SMILES string of the molecule is CC(C)(C)C1C(NC(=O)c2cnn3ccc(N4CCCC4c4cc(F)ccc4F)cc23)CCN1C(=O)O. The number of aromatic nitrogens is 2. The van der Waals surface area contributed by atoms with Crippen LogP contribution in [-0.4, -0.2) is 56.8 Å². The second kappa shape index (κ2) is 9.32. The number of carbonyl (C=O) groups is 2. The fraction of sp³-hybridized carbons (Fsp3) is 0.444. The molecule has 3 atom stereocenters. The quantitative estimate of drug-likeness (QED) is 0.523. The van der Waals surface area contributed by atoms with Gasteiger partial charge in [-0.3, -0.25) is 4.79 Å². The number of benzene rings is 1. The highest BCUT2D eigenvalue weighted by atomic mass is 19.1. The molecule has 196 valence electrons. The molecule has 2 aliphatic rings. The van der Waals surface area contributed by atoms with E-state index in [9.17, 15) is 23.5 Å². The van der Waals surface area contributed by atoms with Gasteiger partial charge in [0.1, 0.15) is 11.6 Å². The van der Waals surface area contributed by atoms with Crippen molar-refractivity contribution in [2.24, 2.45) is 5.41 Å². The van der Waals surface area contributed by atoms with E-state index >= 15 is 0 Å². The van der Waals surface area contributed by atoms with Gasteiger partial charge in [-0.25, -0.2) is 18.1 Å². The fourth-order valence-corrected chi connectivity index (χ4v) is 5.97. The van der Waals surface area contributed by atoms with Crippen molar-refractivity contribution in [3.8, 4) is 0 Å². The number of anilines is 1. The average Bonchev–Trinajstić information content (AvgIpc) is 3.57. The van der Waals surface area contributed by atoms with Gasteiger partial charge in [0.05, 0.1) is 35.4 Å². The van der Waals surface area contributed by atoms with E-state index in [4.69, 9.17) is 0 Å². The van der Waals surface area contributed by atoms with Crippen molar-refractivity contribution in [3.05, 3.63) is 65.5 Å². The molecule has 5 rings (SSSR count). The van der Waals surface area contributed by atoms with Gasteiger partial charge < -0.3 is 20.2 Å². The maximum absolute atomic E-state index is 14.6. The largest absolute Gasteiger partial charge is 0.465 e. The first-order valence-electron chi connectivity index (χ1n) is 12.5. The highest BCUT2D eigenvalue weighted by molar-refractivity contribution is 6.01. The van der Waals surface area contributed by atoms with Gasteiger partial charge in [0, 0.05) is 30.5 Å². The summed E-state index contributed by atoms with van der Waals surface area (Å²) in [5.41, 5.74) is 1.70. The van der Waals surface area contributed by atoms with Crippen molar-refractivity contribution >= 4 is 23.2 Å². The molecule has 2 N–H and O–H groups in total. The Kier molecular flexibility index (Phi) is 6.29. The van der Waals surface area contributed by atoms with Gasteiger partial charge in [-0.2, -0.15) is 5.10 Å². The number of nitrogens with one attached hydrogen (secondary N) is 1. The number of pyridine rings is 1. The summed E-state index contributed by atoms with van der Waals surface area (Å²) < 4.78 is 30.1. The molecular weight excluding hydrogens is 480 g/mol. The summed E-state index contributed by atoms with van der Waals surface area (Å²) >= 11 is 0. The first kappa shape index (κ1) is 25.0. The first-order chi connectivity index (χ1) is 17.5.